The van der Waals surface area contributed by atoms with E-state index in [0.717, 1.165) is 5.75 Å². The van der Waals surface area contributed by atoms with Gasteiger partial charge in [0, 0.05) is 6.54 Å². The number of aliphatic hydroxyl groups is 1. The van der Waals surface area contributed by atoms with E-state index in [4.69, 9.17) is 4.74 Å². The van der Waals surface area contributed by atoms with Crippen molar-refractivity contribution in [3.63, 3.8) is 0 Å². The second-order valence-corrected chi connectivity index (χ2v) is 8.07. The highest BCUT2D eigenvalue weighted by Crippen LogP contribution is 2.24. The van der Waals surface area contributed by atoms with Gasteiger partial charge in [-0.15, -0.1) is 0 Å². The Kier molecular flexibility index (Phi) is 7.42. The van der Waals surface area contributed by atoms with Crippen molar-refractivity contribution < 1.29 is 14.6 Å². The summed E-state index contributed by atoms with van der Waals surface area (Å²) in [6.07, 6.45) is 2.64. The Labute approximate surface area is 144 Å². The van der Waals surface area contributed by atoms with Crippen LogP contribution in [0, 0.1) is 0 Å². The molecule has 0 aliphatic rings. The van der Waals surface area contributed by atoms with Crippen LogP contribution >= 0.6 is 11.8 Å². The maximum atomic E-state index is 11.8. The molecule has 23 heavy (non-hydrogen) atoms. The molecule has 1 aromatic rings. The van der Waals surface area contributed by atoms with E-state index < -0.39 is 5.60 Å². The van der Waals surface area contributed by atoms with Gasteiger partial charge in [0.15, 0.2) is 6.61 Å². The highest BCUT2D eigenvalue weighted by atomic mass is 32.2. The van der Waals surface area contributed by atoms with E-state index in [1.807, 2.05) is 30.5 Å². The molecule has 1 atom stereocenters. The summed E-state index contributed by atoms with van der Waals surface area (Å²) in [6.45, 7) is 8.37. The van der Waals surface area contributed by atoms with Crippen LogP contribution in [0.3, 0.4) is 0 Å². The fraction of sp³-hybridized carbons (Fsp3) is 0.611. The van der Waals surface area contributed by atoms with Crippen LogP contribution in [0.1, 0.15) is 39.7 Å². The first kappa shape index (κ1) is 19.8. The molecule has 1 aromatic carbocycles. The molecule has 2 N–H and O–H groups in total. The number of carbonyl (C=O) groups is 1. The minimum Gasteiger partial charge on any atom is -0.484 e. The Bertz CT molecular complexity index is 492. The topological polar surface area (TPSA) is 58.6 Å². The molecule has 0 spiro atoms. The fourth-order valence-corrected chi connectivity index (χ4v) is 2.59. The average Bonchev–Trinajstić information content (AvgIpc) is 2.48. The summed E-state index contributed by atoms with van der Waals surface area (Å²) in [5.41, 5.74) is 0.435. The summed E-state index contributed by atoms with van der Waals surface area (Å²) in [4.78, 5) is 11.8. The Balaban J connectivity index is 2.39. The van der Waals surface area contributed by atoms with Crippen molar-refractivity contribution in [2.45, 2.75) is 45.1 Å². The number of thioether (sulfide) groups is 1. The third kappa shape index (κ3) is 7.75. The number of amides is 1. The number of ether oxygens (including phenoxy) is 1. The molecule has 0 aliphatic carbocycles. The summed E-state index contributed by atoms with van der Waals surface area (Å²) in [5, 5.41) is 12.8. The predicted octanol–water partition coefficient (Wildman–Crippen LogP) is 2.98. The van der Waals surface area contributed by atoms with Gasteiger partial charge in [-0.1, -0.05) is 32.9 Å². The Morgan fingerprint density at radius 1 is 1.22 bits per heavy atom. The molecule has 1 amide bonds. The van der Waals surface area contributed by atoms with Gasteiger partial charge in [0.05, 0.1) is 5.60 Å². The molecular weight excluding hydrogens is 310 g/mol. The van der Waals surface area contributed by atoms with E-state index in [1.54, 1.807) is 18.7 Å². The molecular formula is C18H29NO3S. The van der Waals surface area contributed by atoms with Crippen LogP contribution < -0.4 is 10.1 Å². The number of carbonyl (C=O) groups excluding carboxylic acids is 1. The smallest absolute Gasteiger partial charge is 0.258 e. The lowest BCUT2D eigenvalue weighted by Gasteiger charge is -2.23. The first-order valence-electron chi connectivity index (χ1n) is 7.85. The highest BCUT2D eigenvalue weighted by Gasteiger charge is 2.20. The lowest BCUT2D eigenvalue weighted by atomic mass is 9.87. The fourth-order valence-electron chi connectivity index (χ4n) is 1.95. The van der Waals surface area contributed by atoms with Crippen LogP contribution in [0.25, 0.3) is 0 Å². The third-order valence-electron chi connectivity index (χ3n) is 3.60. The van der Waals surface area contributed by atoms with Gasteiger partial charge in [-0.3, -0.25) is 4.79 Å². The summed E-state index contributed by atoms with van der Waals surface area (Å²) >= 11 is 1.68. The van der Waals surface area contributed by atoms with Crippen molar-refractivity contribution >= 4 is 17.7 Å². The Morgan fingerprint density at radius 3 is 2.35 bits per heavy atom. The summed E-state index contributed by atoms with van der Waals surface area (Å²) in [6, 6.07) is 7.78. The van der Waals surface area contributed by atoms with Gasteiger partial charge in [-0.2, -0.15) is 11.8 Å². The second-order valence-electron chi connectivity index (χ2n) is 7.08. The molecule has 0 saturated carbocycles. The second kappa shape index (κ2) is 8.60. The standard InChI is InChI=1S/C18H29NO3S/c1-17(2,3)14-6-8-15(9-7-14)22-12-16(20)19-13-18(4,21)10-11-23-5/h6-9,21H,10-13H2,1-5H3,(H,19,20)/t18-/m1/s1. The third-order valence-corrected chi connectivity index (χ3v) is 4.21. The molecule has 0 heterocycles. The van der Waals surface area contributed by atoms with E-state index in [2.05, 4.69) is 26.1 Å². The van der Waals surface area contributed by atoms with Gasteiger partial charge in [0.1, 0.15) is 5.75 Å². The quantitative estimate of drug-likeness (QED) is 0.764. The van der Waals surface area contributed by atoms with Gasteiger partial charge < -0.3 is 15.2 Å². The molecule has 0 aliphatic heterocycles. The van der Waals surface area contributed by atoms with Crippen LogP contribution in [-0.4, -0.2) is 41.8 Å². The van der Waals surface area contributed by atoms with E-state index in [0.29, 0.717) is 12.2 Å². The molecule has 0 radical (unpaired) electrons. The largest absolute Gasteiger partial charge is 0.484 e. The van der Waals surface area contributed by atoms with Gasteiger partial charge in [-0.05, 0) is 48.5 Å². The minimum atomic E-state index is -0.882. The molecule has 1 rings (SSSR count). The molecule has 5 heteroatoms. The van der Waals surface area contributed by atoms with Crippen molar-refractivity contribution in [3.8, 4) is 5.75 Å². The highest BCUT2D eigenvalue weighted by molar-refractivity contribution is 7.98. The van der Waals surface area contributed by atoms with Gasteiger partial charge >= 0.3 is 0 Å². The van der Waals surface area contributed by atoms with Crippen LogP contribution in [0.2, 0.25) is 0 Å². The van der Waals surface area contributed by atoms with Crippen molar-refractivity contribution in [2.24, 2.45) is 0 Å². The van der Waals surface area contributed by atoms with Gasteiger partial charge in [-0.25, -0.2) is 0 Å². The molecule has 0 unspecified atom stereocenters. The van der Waals surface area contributed by atoms with E-state index >= 15 is 0 Å². The van der Waals surface area contributed by atoms with Crippen molar-refractivity contribution in [2.75, 3.05) is 25.2 Å². The molecule has 4 nitrogen and oxygen atoms in total. The summed E-state index contributed by atoms with van der Waals surface area (Å²) in [5.74, 6) is 1.30. The van der Waals surface area contributed by atoms with Crippen LogP contribution in [0.5, 0.6) is 5.75 Å². The molecule has 0 fully saturated rings. The number of hydrogen-bond donors (Lipinski definition) is 2. The average molecular weight is 340 g/mol. The van der Waals surface area contributed by atoms with E-state index in [1.165, 1.54) is 5.56 Å². The number of nitrogens with one attached hydrogen (secondary N) is 1. The van der Waals surface area contributed by atoms with Crippen LogP contribution in [-0.2, 0) is 10.2 Å². The van der Waals surface area contributed by atoms with Gasteiger partial charge in [0.2, 0.25) is 0 Å². The lowest BCUT2D eigenvalue weighted by molar-refractivity contribution is -0.124. The zero-order valence-corrected chi connectivity index (χ0v) is 15.6. The maximum Gasteiger partial charge on any atom is 0.258 e. The van der Waals surface area contributed by atoms with E-state index in [-0.39, 0.29) is 24.5 Å². The zero-order chi connectivity index (χ0) is 17.5. The zero-order valence-electron chi connectivity index (χ0n) is 14.8. The van der Waals surface area contributed by atoms with Crippen molar-refractivity contribution in [1.82, 2.24) is 5.32 Å². The summed E-state index contributed by atoms with van der Waals surface area (Å²) < 4.78 is 5.48. The Morgan fingerprint density at radius 2 is 1.83 bits per heavy atom. The van der Waals surface area contributed by atoms with Crippen molar-refractivity contribution in [1.29, 1.82) is 0 Å². The maximum absolute atomic E-state index is 11.8. The predicted molar refractivity (Wildman–Crippen MR) is 97.3 cm³/mol. The normalized spacial score (nSPS) is 14.2. The SMILES string of the molecule is CSCC[C@@](C)(O)CNC(=O)COc1ccc(C(C)(C)C)cc1. The number of rotatable bonds is 8. The lowest BCUT2D eigenvalue weighted by Crippen LogP contribution is -2.42. The summed E-state index contributed by atoms with van der Waals surface area (Å²) in [7, 11) is 0. The van der Waals surface area contributed by atoms with Crippen LogP contribution in [0.4, 0.5) is 0 Å². The minimum absolute atomic E-state index is 0.0481. The van der Waals surface area contributed by atoms with E-state index in [9.17, 15) is 9.90 Å². The number of hydrogen-bond acceptors (Lipinski definition) is 4. The van der Waals surface area contributed by atoms with Crippen molar-refractivity contribution in [3.05, 3.63) is 29.8 Å². The molecule has 0 bridgehead atoms. The first-order chi connectivity index (χ1) is 10.6. The first-order valence-corrected chi connectivity index (χ1v) is 9.25. The molecule has 130 valence electrons. The monoisotopic (exact) mass is 339 g/mol. The molecule has 0 saturated heterocycles. The Hall–Kier alpha value is -1.20. The van der Waals surface area contributed by atoms with Crippen LogP contribution in [0.15, 0.2) is 24.3 Å². The molecule has 0 aromatic heterocycles. The number of benzene rings is 1. The van der Waals surface area contributed by atoms with Gasteiger partial charge in [0.25, 0.3) is 5.91 Å².